The lowest BCUT2D eigenvalue weighted by atomic mass is 10.2. The number of aromatic amines is 1. The lowest BCUT2D eigenvalue weighted by molar-refractivity contribution is 0.0779. The summed E-state index contributed by atoms with van der Waals surface area (Å²) in [7, 11) is 1.74. The summed E-state index contributed by atoms with van der Waals surface area (Å²) in [6.45, 7) is 0.746. The van der Waals surface area contributed by atoms with Gasteiger partial charge in [0.15, 0.2) is 11.5 Å². The van der Waals surface area contributed by atoms with Gasteiger partial charge in [0.25, 0.3) is 5.91 Å². The molecule has 0 spiro atoms. The van der Waals surface area contributed by atoms with E-state index in [9.17, 15) is 4.79 Å². The smallest absolute Gasteiger partial charge is 0.271 e. The molecule has 0 bridgehead atoms. The van der Waals surface area contributed by atoms with Crippen LogP contribution in [0.3, 0.4) is 0 Å². The number of carbonyl (C=O) groups excluding carboxylic acids is 1. The number of nitrogens with one attached hydrogen (secondary N) is 1. The van der Waals surface area contributed by atoms with Gasteiger partial charge in [0.1, 0.15) is 5.69 Å². The highest BCUT2D eigenvalue weighted by molar-refractivity contribution is 5.91. The number of hydrogen-bond acceptors (Lipinski definition) is 4. The van der Waals surface area contributed by atoms with Crippen molar-refractivity contribution in [2.45, 2.75) is 6.54 Å². The minimum Gasteiger partial charge on any atom is -0.454 e. The van der Waals surface area contributed by atoms with Gasteiger partial charge >= 0.3 is 0 Å². The summed E-state index contributed by atoms with van der Waals surface area (Å²) >= 11 is 0. The monoisotopic (exact) mass is 259 g/mol. The van der Waals surface area contributed by atoms with Crippen molar-refractivity contribution in [3.8, 4) is 11.5 Å². The summed E-state index contributed by atoms with van der Waals surface area (Å²) in [6.07, 6.45) is 1.56. The van der Waals surface area contributed by atoms with E-state index in [1.165, 1.54) is 0 Å². The maximum Gasteiger partial charge on any atom is 0.271 e. The SMILES string of the molecule is CN(Cc1ccc2c(c1)OCO2)C(=O)c1ccn[nH]1. The van der Waals surface area contributed by atoms with E-state index in [1.807, 2.05) is 18.2 Å². The van der Waals surface area contributed by atoms with Crippen molar-refractivity contribution in [1.29, 1.82) is 0 Å². The third-order valence-corrected chi connectivity index (χ3v) is 2.93. The Morgan fingerprint density at radius 2 is 2.21 bits per heavy atom. The molecule has 0 unspecified atom stereocenters. The zero-order chi connectivity index (χ0) is 13.2. The molecule has 1 aliphatic heterocycles. The van der Waals surface area contributed by atoms with Crippen molar-refractivity contribution in [1.82, 2.24) is 15.1 Å². The molecule has 19 heavy (non-hydrogen) atoms. The molecule has 1 amide bonds. The fraction of sp³-hybridized carbons (Fsp3) is 0.231. The van der Waals surface area contributed by atoms with Gasteiger partial charge in [0.2, 0.25) is 6.79 Å². The first-order valence-corrected chi connectivity index (χ1v) is 5.87. The molecular formula is C13H13N3O3. The van der Waals surface area contributed by atoms with Crippen LogP contribution >= 0.6 is 0 Å². The van der Waals surface area contributed by atoms with Gasteiger partial charge in [-0.25, -0.2) is 0 Å². The van der Waals surface area contributed by atoms with Crippen LogP contribution in [0.15, 0.2) is 30.5 Å². The third-order valence-electron chi connectivity index (χ3n) is 2.93. The standard InChI is InChI=1S/C13H13N3O3/c1-16(13(17)10-4-5-14-15-10)7-9-2-3-11-12(6-9)19-8-18-11/h2-6H,7-8H2,1H3,(H,14,15). The molecule has 0 saturated carbocycles. The molecule has 1 N–H and O–H groups in total. The van der Waals surface area contributed by atoms with Crippen molar-refractivity contribution >= 4 is 5.91 Å². The van der Waals surface area contributed by atoms with E-state index in [0.717, 1.165) is 17.1 Å². The average molecular weight is 259 g/mol. The predicted octanol–water partition coefficient (Wildman–Crippen LogP) is 1.41. The number of ether oxygens (including phenoxy) is 2. The largest absolute Gasteiger partial charge is 0.454 e. The van der Waals surface area contributed by atoms with Gasteiger partial charge in [-0.2, -0.15) is 5.10 Å². The molecular weight excluding hydrogens is 246 g/mol. The van der Waals surface area contributed by atoms with Crippen molar-refractivity contribution in [3.63, 3.8) is 0 Å². The Morgan fingerprint density at radius 1 is 1.37 bits per heavy atom. The van der Waals surface area contributed by atoms with Crippen molar-refractivity contribution in [2.24, 2.45) is 0 Å². The molecule has 1 aromatic heterocycles. The van der Waals surface area contributed by atoms with E-state index in [2.05, 4.69) is 10.2 Å². The van der Waals surface area contributed by atoms with Crippen molar-refractivity contribution < 1.29 is 14.3 Å². The van der Waals surface area contributed by atoms with Crippen LogP contribution in [0.2, 0.25) is 0 Å². The van der Waals surface area contributed by atoms with E-state index in [-0.39, 0.29) is 12.7 Å². The Kier molecular flexibility index (Phi) is 2.83. The lowest BCUT2D eigenvalue weighted by Crippen LogP contribution is -2.26. The van der Waals surface area contributed by atoms with Gasteiger partial charge in [0.05, 0.1) is 0 Å². The second-order valence-corrected chi connectivity index (χ2v) is 4.32. The van der Waals surface area contributed by atoms with E-state index >= 15 is 0 Å². The second kappa shape index (κ2) is 4.64. The maximum atomic E-state index is 12.0. The summed E-state index contributed by atoms with van der Waals surface area (Å²) in [6, 6.07) is 7.31. The van der Waals surface area contributed by atoms with Crippen molar-refractivity contribution in [3.05, 3.63) is 41.7 Å². The van der Waals surface area contributed by atoms with E-state index in [4.69, 9.17) is 9.47 Å². The molecule has 98 valence electrons. The van der Waals surface area contributed by atoms with Gasteiger partial charge < -0.3 is 14.4 Å². The summed E-state index contributed by atoms with van der Waals surface area (Å²) in [5, 5.41) is 6.43. The molecule has 0 saturated heterocycles. The number of nitrogens with zero attached hydrogens (tertiary/aromatic N) is 2. The summed E-state index contributed by atoms with van der Waals surface area (Å²) in [5.74, 6) is 1.36. The van der Waals surface area contributed by atoms with Crippen LogP contribution in [0.5, 0.6) is 11.5 Å². The van der Waals surface area contributed by atoms with Crippen LogP contribution in [0.4, 0.5) is 0 Å². The molecule has 2 aromatic rings. The zero-order valence-electron chi connectivity index (χ0n) is 10.4. The van der Waals surface area contributed by atoms with Crippen molar-refractivity contribution in [2.75, 3.05) is 13.8 Å². The first kappa shape index (κ1) is 11.6. The first-order chi connectivity index (χ1) is 9.24. The number of aromatic nitrogens is 2. The fourth-order valence-corrected chi connectivity index (χ4v) is 1.97. The van der Waals surface area contributed by atoms with E-state index in [0.29, 0.717) is 12.2 Å². The van der Waals surface area contributed by atoms with E-state index in [1.54, 1.807) is 24.2 Å². The van der Waals surface area contributed by atoms with Crippen LogP contribution in [-0.4, -0.2) is 34.8 Å². The van der Waals surface area contributed by atoms with Gasteiger partial charge in [-0.3, -0.25) is 9.89 Å². The molecule has 3 rings (SSSR count). The Labute approximate surface area is 109 Å². The predicted molar refractivity (Wildman–Crippen MR) is 67.0 cm³/mol. The molecule has 2 heterocycles. The summed E-state index contributed by atoms with van der Waals surface area (Å²) in [5.41, 5.74) is 1.46. The summed E-state index contributed by atoms with van der Waals surface area (Å²) < 4.78 is 10.6. The highest BCUT2D eigenvalue weighted by Gasteiger charge is 2.16. The lowest BCUT2D eigenvalue weighted by Gasteiger charge is -2.16. The van der Waals surface area contributed by atoms with Gasteiger partial charge in [-0.05, 0) is 23.8 Å². The Morgan fingerprint density at radius 3 is 3.00 bits per heavy atom. The van der Waals surface area contributed by atoms with Crippen LogP contribution < -0.4 is 9.47 Å². The Bertz CT molecular complexity index is 595. The fourth-order valence-electron chi connectivity index (χ4n) is 1.97. The minimum absolute atomic E-state index is 0.102. The quantitative estimate of drug-likeness (QED) is 0.905. The van der Waals surface area contributed by atoms with Crippen LogP contribution in [0.1, 0.15) is 16.1 Å². The Balaban J connectivity index is 1.73. The third kappa shape index (κ3) is 2.24. The van der Waals surface area contributed by atoms with Gasteiger partial charge in [0, 0.05) is 19.8 Å². The minimum atomic E-state index is -0.102. The molecule has 1 aromatic carbocycles. The van der Waals surface area contributed by atoms with Gasteiger partial charge in [-0.15, -0.1) is 0 Å². The molecule has 1 aliphatic rings. The number of hydrogen-bond donors (Lipinski definition) is 1. The number of amides is 1. The molecule has 0 fully saturated rings. The highest BCUT2D eigenvalue weighted by Crippen LogP contribution is 2.32. The number of fused-ring (bicyclic) bond motifs is 1. The number of H-pyrrole nitrogens is 1. The molecule has 0 atom stereocenters. The first-order valence-electron chi connectivity index (χ1n) is 5.87. The zero-order valence-corrected chi connectivity index (χ0v) is 10.4. The maximum absolute atomic E-state index is 12.0. The van der Waals surface area contributed by atoms with E-state index < -0.39 is 0 Å². The molecule has 6 heteroatoms. The number of rotatable bonds is 3. The number of carbonyl (C=O) groups is 1. The average Bonchev–Trinajstić information content (AvgIpc) is 3.08. The second-order valence-electron chi connectivity index (χ2n) is 4.32. The number of benzene rings is 1. The topological polar surface area (TPSA) is 67.5 Å². The van der Waals surface area contributed by atoms with Crippen LogP contribution in [0.25, 0.3) is 0 Å². The normalized spacial score (nSPS) is 12.5. The Hall–Kier alpha value is -2.50. The molecule has 0 aliphatic carbocycles. The highest BCUT2D eigenvalue weighted by atomic mass is 16.7. The summed E-state index contributed by atoms with van der Waals surface area (Å²) in [4.78, 5) is 13.7. The molecule has 0 radical (unpaired) electrons. The molecule has 6 nitrogen and oxygen atoms in total. The van der Waals surface area contributed by atoms with Gasteiger partial charge in [-0.1, -0.05) is 6.07 Å². The van der Waals surface area contributed by atoms with Crippen LogP contribution in [0, 0.1) is 0 Å². The van der Waals surface area contributed by atoms with Crippen LogP contribution in [-0.2, 0) is 6.54 Å².